The Morgan fingerprint density at radius 1 is 1.39 bits per heavy atom. The fraction of sp³-hybridized carbons (Fsp3) is 0.300. The predicted molar refractivity (Wildman–Crippen MR) is 62.6 cm³/mol. The largest absolute Gasteiger partial charge is 0.451 e. The van der Waals surface area contributed by atoms with Gasteiger partial charge in [0, 0.05) is 0 Å². The summed E-state index contributed by atoms with van der Waals surface area (Å²) in [6.07, 6.45) is -0.694. The first-order valence-electron chi connectivity index (χ1n) is 5.06. The monoisotopic (exact) mass is 275 g/mol. The Kier molecular flexibility index (Phi) is 5.46. The van der Waals surface area contributed by atoms with Crippen LogP contribution in [0.1, 0.15) is 5.56 Å². The van der Waals surface area contributed by atoms with Gasteiger partial charge in [-0.2, -0.15) is 0 Å². The summed E-state index contributed by atoms with van der Waals surface area (Å²) in [5.74, 6) is -0.842. The molecule has 18 heavy (non-hydrogen) atoms. The highest BCUT2D eigenvalue weighted by Gasteiger charge is 2.24. The summed E-state index contributed by atoms with van der Waals surface area (Å²) in [5.41, 5.74) is 6.41. The molecule has 7 nitrogen and oxygen atoms in total. The highest BCUT2D eigenvalue weighted by Crippen LogP contribution is 2.40. The molecule has 0 aliphatic carbocycles. The molecular weight excluding hydrogens is 261 g/mol. The molecule has 1 aromatic carbocycles. The van der Waals surface area contributed by atoms with Gasteiger partial charge in [-0.1, -0.05) is 30.3 Å². The van der Waals surface area contributed by atoms with E-state index in [2.05, 4.69) is 9.41 Å². The fourth-order valence-corrected chi connectivity index (χ4v) is 1.56. The van der Waals surface area contributed by atoms with Crippen molar-refractivity contribution in [1.29, 1.82) is 0 Å². The first-order chi connectivity index (χ1) is 8.44. The SMILES string of the molecule is N[C@@H](Cc1ccccc1)C(=O)OCP(=O)(O)OO. The maximum Gasteiger partial charge on any atom is 0.391 e. The molecule has 0 aromatic heterocycles. The van der Waals surface area contributed by atoms with E-state index in [0.717, 1.165) is 5.56 Å². The van der Waals surface area contributed by atoms with Gasteiger partial charge in [-0.05, 0) is 12.0 Å². The zero-order valence-electron chi connectivity index (χ0n) is 9.43. The van der Waals surface area contributed by atoms with Crippen molar-refractivity contribution in [2.75, 3.05) is 6.35 Å². The van der Waals surface area contributed by atoms with E-state index in [1.54, 1.807) is 24.3 Å². The summed E-state index contributed by atoms with van der Waals surface area (Å²) >= 11 is 0. The van der Waals surface area contributed by atoms with Gasteiger partial charge in [-0.25, -0.2) is 5.26 Å². The Bertz CT molecular complexity index is 437. The quantitative estimate of drug-likeness (QED) is 0.303. The van der Waals surface area contributed by atoms with Gasteiger partial charge in [-0.15, -0.1) is 4.67 Å². The van der Waals surface area contributed by atoms with E-state index in [4.69, 9.17) is 15.9 Å². The van der Waals surface area contributed by atoms with Crippen molar-refractivity contribution in [3.8, 4) is 0 Å². The molecule has 100 valence electrons. The third kappa shape index (κ3) is 4.95. The second kappa shape index (κ2) is 6.63. The Balaban J connectivity index is 2.45. The Hall–Kier alpha value is -1.24. The Morgan fingerprint density at radius 2 is 2.00 bits per heavy atom. The van der Waals surface area contributed by atoms with Crippen molar-refractivity contribution >= 4 is 13.6 Å². The molecule has 1 rings (SSSR count). The van der Waals surface area contributed by atoms with Gasteiger partial charge < -0.3 is 15.4 Å². The second-order valence-corrected chi connectivity index (χ2v) is 5.30. The summed E-state index contributed by atoms with van der Waals surface area (Å²) in [6, 6.07) is 8.06. The molecule has 0 bridgehead atoms. The molecular formula is C10H14NO6P. The molecule has 1 aromatic rings. The molecule has 2 atom stereocenters. The number of benzene rings is 1. The number of hydrogen-bond donors (Lipinski definition) is 3. The van der Waals surface area contributed by atoms with Crippen molar-refractivity contribution in [1.82, 2.24) is 0 Å². The van der Waals surface area contributed by atoms with Crippen LogP contribution in [0, 0.1) is 0 Å². The van der Waals surface area contributed by atoms with E-state index in [-0.39, 0.29) is 6.42 Å². The summed E-state index contributed by atoms with van der Waals surface area (Å²) in [7, 11) is -4.29. The van der Waals surface area contributed by atoms with Crippen molar-refractivity contribution in [2.45, 2.75) is 12.5 Å². The predicted octanol–water partition coefficient (Wildman–Crippen LogP) is 0.732. The van der Waals surface area contributed by atoms with Crippen LogP contribution < -0.4 is 5.73 Å². The Morgan fingerprint density at radius 3 is 2.56 bits per heavy atom. The summed E-state index contributed by atoms with van der Waals surface area (Å²) in [5, 5.41) is 8.05. The standard InChI is InChI=1S/C10H14NO6P/c11-9(6-8-4-2-1-3-5-8)10(12)16-7-18(14,15)17-13/h1-5,9,13H,6-7,11H2,(H,14,15)/t9-/m0/s1. The second-order valence-electron chi connectivity index (χ2n) is 3.61. The van der Waals surface area contributed by atoms with Gasteiger partial charge in [0.2, 0.25) is 0 Å². The fourth-order valence-electron chi connectivity index (χ4n) is 1.23. The highest BCUT2D eigenvalue weighted by atomic mass is 31.2. The minimum absolute atomic E-state index is 0.245. The highest BCUT2D eigenvalue weighted by molar-refractivity contribution is 7.52. The van der Waals surface area contributed by atoms with E-state index in [9.17, 15) is 9.36 Å². The van der Waals surface area contributed by atoms with Gasteiger partial charge in [0.1, 0.15) is 6.04 Å². The maximum atomic E-state index is 11.4. The van der Waals surface area contributed by atoms with Crippen molar-refractivity contribution in [3.63, 3.8) is 0 Å². The molecule has 0 aliphatic rings. The number of carbonyl (C=O) groups excluding carboxylic acids is 1. The van der Waals surface area contributed by atoms with Crippen LogP contribution in [0.15, 0.2) is 30.3 Å². The van der Waals surface area contributed by atoms with Crippen LogP contribution in [-0.2, 0) is 25.2 Å². The molecule has 4 N–H and O–H groups in total. The summed E-state index contributed by atoms with van der Waals surface area (Å²) in [4.78, 5) is 20.2. The third-order valence-corrected chi connectivity index (χ3v) is 2.81. The number of nitrogens with two attached hydrogens (primary N) is 1. The molecule has 8 heteroatoms. The molecule has 0 fully saturated rings. The number of rotatable bonds is 6. The number of hydrogen-bond acceptors (Lipinski definition) is 6. The van der Waals surface area contributed by atoms with Crippen molar-refractivity contribution < 1.29 is 28.9 Å². The number of carbonyl (C=O) groups is 1. The van der Waals surface area contributed by atoms with Crippen LogP contribution >= 0.6 is 7.60 Å². The maximum absolute atomic E-state index is 11.4. The first-order valence-corrected chi connectivity index (χ1v) is 6.82. The molecule has 0 spiro atoms. The van der Waals surface area contributed by atoms with Gasteiger partial charge in [-0.3, -0.25) is 9.36 Å². The average molecular weight is 275 g/mol. The normalized spacial score (nSPS) is 15.7. The molecule has 0 heterocycles. The van der Waals surface area contributed by atoms with E-state index in [1.165, 1.54) is 0 Å². The van der Waals surface area contributed by atoms with Crippen LogP contribution in [0.4, 0.5) is 0 Å². The van der Waals surface area contributed by atoms with E-state index >= 15 is 0 Å². The van der Waals surface area contributed by atoms with Gasteiger partial charge in [0.15, 0.2) is 6.35 Å². The average Bonchev–Trinajstić information content (AvgIpc) is 2.37. The minimum Gasteiger partial charge on any atom is -0.451 e. The lowest BCUT2D eigenvalue weighted by Gasteiger charge is -2.12. The zero-order valence-corrected chi connectivity index (χ0v) is 10.3. The first kappa shape index (κ1) is 14.8. The minimum atomic E-state index is -4.29. The molecule has 0 aliphatic heterocycles. The number of esters is 1. The van der Waals surface area contributed by atoms with Crippen LogP contribution in [0.3, 0.4) is 0 Å². The summed E-state index contributed by atoms with van der Waals surface area (Å²) < 4.78 is 18.6. The number of ether oxygens (including phenoxy) is 1. The third-order valence-electron chi connectivity index (χ3n) is 2.10. The molecule has 1 unspecified atom stereocenters. The zero-order chi connectivity index (χ0) is 13.6. The van der Waals surface area contributed by atoms with E-state index in [0.29, 0.717) is 0 Å². The van der Waals surface area contributed by atoms with Crippen LogP contribution in [0.2, 0.25) is 0 Å². The molecule has 0 saturated carbocycles. The topological polar surface area (TPSA) is 119 Å². The van der Waals surface area contributed by atoms with Crippen LogP contribution in [0.25, 0.3) is 0 Å². The molecule has 0 amide bonds. The van der Waals surface area contributed by atoms with Crippen LogP contribution in [-0.4, -0.2) is 28.5 Å². The van der Waals surface area contributed by atoms with Crippen molar-refractivity contribution in [2.24, 2.45) is 5.73 Å². The lowest BCUT2D eigenvalue weighted by Crippen LogP contribution is -2.34. The smallest absolute Gasteiger partial charge is 0.391 e. The lowest BCUT2D eigenvalue weighted by atomic mass is 10.1. The molecule has 0 saturated heterocycles. The van der Waals surface area contributed by atoms with Crippen LogP contribution in [0.5, 0.6) is 0 Å². The van der Waals surface area contributed by atoms with E-state index < -0.39 is 26.0 Å². The Labute approximate surface area is 104 Å². The van der Waals surface area contributed by atoms with Gasteiger partial charge >= 0.3 is 13.6 Å². The van der Waals surface area contributed by atoms with Gasteiger partial charge in [0.25, 0.3) is 0 Å². The van der Waals surface area contributed by atoms with Gasteiger partial charge in [0.05, 0.1) is 0 Å². The van der Waals surface area contributed by atoms with Crippen molar-refractivity contribution in [3.05, 3.63) is 35.9 Å². The summed E-state index contributed by atoms with van der Waals surface area (Å²) in [6.45, 7) is 0. The lowest BCUT2D eigenvalue weighted by molar-refractivity contribution is -0.155. The van der Waals surface area contributed by atoms with E-state index in [1.807, 2.05) is 6.07 Å². The molecule has 0 radical (unpaired) electrons.